The van der Waals surface area contributed by atoms with Gasteiger partial charge in [-0.3, -0.25) is 9.69 Å². The third-order valence-electron chi connectivity index (χ3n) is 3.00. The molecule has 0 unspecified atom stereocenters. The molecule has 1 aromatic carbocycles. The summed E-state index contributed by atoms with van der Waals surface area (Å²) >= 11 is 1.69. The van der Waals surface area contributed by atoms with Gasteiger partial charge in [-0.1, -0.05) is 24.3 Å². The Bertz CT molecular complexity index is 595. The quantitative estimate of drug-likeness (QED) is 0.888. The highest BCUT2D eigenvalue weighted by molar-refractivity contribution is 7.11. The molecule has 0 aliphatic carbocycles. The lowest BCUT2D eigenvalue weighted by Gasteiger charge is -2.17. The second-order valence-electron chi connectivity index (χ2n) is 4.86. The number of benzene rings is 1. The van der Waals surface area contributed by atoms with Gasteiger partial charge in [-0.15, -0.1) is 11.3 Å². The minimum absolute atomic E-state index is 0.0731. The van der Waals surface area contributed by atoms with Crippen LogP contribution in [0.2, 0.25) is 0 Å². The summed E-state index contributed by atoms with van der Waals surface area (Å²) in [5, 5.41) is 10.0. The Kier molecular flexibility index (Phi) is 4.87. The zero-order valence-corrected chi connectivity index (χ0v) is 12.5. The second-order valence-corrected chi connectivity index (χ2v) is 6.18. The van der Waals surface area contributed by atoms with Crippen LogP contribution in [0, 0.1) is 6.92 Å². The van der Waals surface area contributed by atoms with Gasteiger partial charge in [0.1, 0.15) is 0 Å². The fourth-order valence-corrected chi connectivity index (χ4v) is 3.01. The van der Waals surface area contributed by atoms with E-state index in [-0.39, 0.29) is 6.42 Å². The summed E-state index contributed by atoms with van der Waals surface area (Å²) in [7, 11) is 2.03. The fourth-order valence-electron chi connectivity index (χ4n) is 2.14. The van der Waals surface area contributed by atoms with Gasteiger partial charge in [-0.2, -0.15) is 0 Å². The number of nitrogens with zero attached hydrogens (tertiary/aromatic N) is 2. The molecule has 0 saturated carbocycles. The molecule has 0 atom stereocenters. The number of carboxylic acids is 1. The van der Waals surface area contributed by atoms with Gasteiger partial charge in [0.25, 0.3) is 0 Å². The van der Waals surface area contributed by atoms with E-state index in [9.17, 15) is 4.79 Å². The Balaban J connectivity index is 2.03. The zero-order chi connectivity index (χ0) is 14.5. The molecule has 0 radical (unpaired) electrons. The summed E-state index contributed by atoms with van der Waals surface area (Å²) in [5.74, 6) is -0.793. The van der Waals surface area contributed by atoms with Crippen LogP contribution in [0.1, 0.15) is 21.0 Å². The third kappa shape index (κ3) is 4.15. The summed E-state index contributed by atoms with van der Waals surface area (Å²) in [6.45, 7) is 3.56. The van der Waals surface area contributed by atoms with Gasteiger partial charge < -0.3 is 5.11 Å². The van der Waals surface area contributed by atoms with E-state index in [1.54, 1.807) is 11.3 Å². The van der Waals surface area contributed by atoms with Gasteiger partial charge in [-0.25, -0.2) is 4.98 Å². The van der Waals surface area contributed by atoms with Gasteiger partial charge in [-0.05, 0) is 25.1 Å². The molecule has 0 spiro atoms. The lowest BCUT2D eigenvalue weighted by atomic mass is 10.0. The van der Waals surface area contributed by atoms with E-state index in [0.29, 0.717) is 0 Å². The maximum Gasteiger partial charge on any atom is 0.307 e. The van der Waals surface area contributed by atoms with Crippen molar-refractivity contribution in [3.63, 3.8) is 0 Å². The molecule has 2 rings (SSSR count). The minimum atomic E-state index is -0.793. The van der Waals surface area contributed by atoms with E-state index in [0.717, 1.165) is 29.2 Å². The maximum atomic E-state index is 10.9. The second kappa shape index (κ2) is 6.63. The molecule has 106 valence electrons. The van der Waals surface area contributed by atoms with Crippen LogP contribution >= 0.6 is 11.3 Å². The number of hydrogen-bond acceptors (Lipinski definition) is 4. The predicted molar refractivity (Wildman–Crippen MR) is 79.8 cm³/mol. The van der Waals surface area contributed by atoms with E-state index in [1.165, 1.54) is 4.88 Å². The monoisotopic (exact) mass is 290 g/mol. The molecule has 0 amide bonds. The first-order chi connectivity index (χ1) is 9.54. The van der Waals surface area contributed by atoms with Crippen LogP contribution in [0.3, 0.4) is 0 Å². The van der Waals surface area contributed by atoms with Crippen molar-refractivity contribution in [2.75, 3.05) is 7.05 Å². The van der Waals surface area contributed by atoms with E-state index in [2.05, 4.69) is 9.88 Å². The van der Waals surface area contributed by atoms with Crippen molar-refractivity contribution in [1.29, 1.82) is 0 Å². The summed E-state index contributed by atoms with van der Waals surface area (Å²) in [4.78, 5) is 18.5. The van der Waals surface area contributed by atoms with E-state index >= 15 is 0 Å². The van der Waals surface area contributed by atoms with Crippen molar-refractivity contribution in [2.24, 2.45) is 0 Å². The van der Waals surface area contributed by atoms with E-state index in [4.69, 9.17) is 5.11 Å². The van der Waals surface area contributed by atoms with Crippen LogP contribution in [0.5, 0.6) is 0 Å². The highest BCUT2D eigenvalue weighted by Crippen LogP contribution is 2.17. The number of aliphatic carboxylic acids is 1. The molecular weight excluding hydrogens is 272 g/mol. The van der Waals surface area contributed by atoms with Crippen molar-refractivity contribution in [1.82, 2.24) is 9.88 Å². The molecule has 0 fully saturated rings. The van der Waals surface area contributed by atoms with Crippen molar-refractivity contribution in [2.45, 2.75) is 26.4 Å². The molecule has 1 N–H and O–H groups in total. The summed E-state index contributed by atoms with van der Waals surface area (Å²) in [6, 6.07) is 7.71. The molecular formula is C15H18N2O2S. The van der Waals surface area contributed by atoms with Crippen LogP contribution in [-0.2, 0) is 24.3 Å². The molecule has 0 aliphatic rings. The normalized spacial score (nSPS) is 10.9. The van der Waals surface area contributed by atoms with Gasteiger partial charge >= 0.3 is 5.97 Å². The van der Waals surface area contributed by atoms with Crippen molar-refractivity contribution < 1.29 is 9.90 Å². The standard InChI is InChI=1S/C15H18N2O2S/c1-11-16-8-14(20-11)10-17(2)9-13-6-4-3-5-12(13)7-15(18)19/h3-6,8H,7,9-10H2,1-2H3,(H,18,19). The Labute approximate surface area is 122 Å². The van der Waals surface area contributed by atoms with Crippen LogP contribution < -0.4 is 0 Å². The Morgan fingerprint density at radius 1 is 1.30 bits per heavy atom. The van der Waals surface area contributed by atoms with Crippen molar-refractivity contribution in [3.8, 4) is 0 Å². The minimum Gasteiger partial charge on any atom is -0.481 e. The van der Waals surface area contributed by atoms with Gasteiger partial charge in [0.05, 0.1) is 11.4 Å². The smallest absolute Gasteiger partial charge is 0.307 e. The van der Waals surface area contributed by atoms with Crippen molar-refractivity contribution in [3.05, 3.63) is 51.5 Å². The molecule has 0 aliphatic heterocycles. The number of aryl methyl sites for hydroxylation is 1. The molecule has 1 heterocycles. The average Bonchev–Trinajstić information content (AvgIpc) is 2.76. The number of hydrogen-bond donors (Lipinski definition) is 1. The summed E-state index contributed by atoms with van der Waals surface area (Å²) < 4.78 is 0. The van der Waals surface area contributed by atoms with Crippen molar-refractivity contribution >= 4 is 17.3 Å². The van der Waals surface area contributed by atoms with Crippen LogP contribution in [-0.4, -0.2) is 28.0 Å². The Morgan fingerprint density at radius 2 is 2.00 bits per heavy atom. The lowest BCUT2D eigenvalue weighted by molar-refractivity contribution is -0.136. The largest absolute Gasteiger partial charge is 0.481 e. The molecule has 4 nitrogen and oxygen atoms in total. The Hall–Kier alpha value is -1.72. The number of carboxylic acid groups (broad SMARTS) is 1. The van der Waals surface area contributed by atoms with Crippen LogP contribution in [0.25, 0.3) is 0 Å². The lowest BCUT2D eigenvalue weighted by Crippen LogP contribution is -2.18. The van der Waals surface area contributed by atoms with Gasteiger partial charge in [0, 0.05) is 24.2 Å². The molecule has 5 heteroatoms. The number of aromatic nitrogens is 1. The third-order valence-corrected chi connectivity index (χ3v) is 3.89. The molecule has 20 heavy (non-hydrogen) atoms. The summed E-state index contributed by atoms with van der Waals surface area (Å²) in [6.07, 6.45) is 1.98. The number of rotatable bonds is 6. The first-order valence-electron chi connectivity index (χ1n) is 6.43. The maximum absolute atomic E-state index is 10.9. The molecule has 0 bridgehead atoms. The number of thiazole rings is 1. The first kappa shape index (κ1) is 14.7. The number of carbonyl (C=O) groups is 1. The summed E-state index contributed by atoms with van der Waals surface area (Å²) in [5.41, 5.74) is 1.95. The van der Waals surface area contributed by atoms with E-state index in [1.807, 2.05) is 44.4 Å². The van der Waals surface area contributed by atoms with Gasteiger partial charge in [0.15, 0.2) is 0 Å². The molecule has 2 aromatic rings. The topological polar surface area (TPSA) is 53.4 Å². The predicted octanol–water partition coefficient (Wildman–Crippen LogP) is 2.71. The van der Waals surface area contributed by atoms with Gasteiger partial charge in [0.2, 0.25) is 0 Å². The van der Waals surface area contributed by atoms with Crippen LogP contribution in [0.15, 0.2) is 30.5 Å². The first-order valence-corrected chi connectivity index (χ1v) is 7.24. The highest BCUT2D eigenvalue weighted by Gasteiger charge is 2.09. The Morgan fingerprint density at radius 3 is 2.60 bits per heavy atom. The molecule has 0 saturated heterocycles. The van der Waals surface area contributed by atoms with E-state index < -0.39 is 5.97 Å². The average molecular weight is 290 g/mol. The SMILES string of the molecule is Cc1ncc(CN(C)Cc2ccccc2CC(=O)O)s1. The zero-order valence-electron chi connectivity index (χ0n) is 11.7. The molecule has 1 aromatic heterocycles. The fraction of sp³-hybridized carbons (Fsp3) is 0.333. The van der Waals surface area contributed by atoms with Crippen LogP contribution in [0.4, 0.5) is 0 Å². The highest BCUT2D eigenvalue weighted by atomic mass is 32.1.